The number of imidazole rings is 1. The van der Waals surface area contributed by atoms with Gasteiger partial charge in [-0.25, -0.2) is 4.98 Å². The monoisotopic (exact) mass is 333 g/mol. The molecule has 114 valence electrons. The van der Waals surface area contributed by atoms with E-state index in [4.69, 9.17) is 23.2 Å². The summed E-state index contributed by atoms with van der Waals surface area (Å²) in [6.45, 7) is 1.62. The summed E-state index contributed by atoms with van der Waals surface area (Å²) < 4.78 is 0. The molecule has 1 aromatic heterocycles. The predicted octanol–water partition coefficient (Wildman–Crippen LogP) is 4.59. The van der Waals surface area contributed by atoms with Gasteiger partial charge in [-0.1, -0.05) is 47.5 Å². The molecule has 0 saturated carbocycles. The molecule has 0 saturated heterocycles. The fourth-order valence-corrected chi connectivity index (χ4v) is 2.80. The second-order valence-electron chi connectivity index (χ2n) is 5.19. The molecular weight excluding hydrogens is 317 g/mol. The van der Waals surface area contributed by atoms with E-state index < -0.39 is 0 Å². The maximum atomic E-state index is 6.16. The van der Waals surface area contributed by atoms with Crippen molar-refractivity contribution in [2.45, 2.75) is 19.4 Å². The van der Waals surface area contributed by atoms with Crippen molar-refractivity contribution in [2.75, 3.05) is 6.54 Å². The molecule has 3 rings (SSSR count). The Kier molecular flexibility index (Phi) is 4.98. The van der Waals surface area contributed by atoms with Crippen LogP contribution in [0.4, 0.5) is 0 Å². The number of hydrogen-bond acceptors (Lipinski definition) is 2. The Balaban J connectivity index is 1.46. The Morgan fingerprint density at radius 2 is 1.91 bits per heavy atom. The minimum absolute atomic E-state index is 0.600. The van der Waals surface area contributed by atoms with E-state index in [1.807, 2.05) is 36.4 Å². The van der Waals surface area contributed by atoms with Crippen LogP contribution in [0.1, 0.15) is 17.8 Å². The van der Waals surface area contributed by atoms with Crippen LogP contribution in [0.2, 0.25) is 10.0 Å². The molecule has 0 spiro atoms. The van der Waals surface area contributed by atoms with Gasteiger partial charge in [-0.3, -0.25) is 0 Å². The number of halogens is 2. The van der Waals surface area contributed by atoms with Crippen LogP contribution in [0.25, 0.3) is 11.0 Å². The Hall–Kier alpha value is -1.55. The second kappa shape index (κ2) is 7.14. The largest absolute Gasteiger partial charge is 0.342 e. The van der Waals surface area contributed by atoms with Crippen LogP contribution in [0.5, 0.6) is 0 Å². The van der Waals surface area contributed by atoms with E-state index in [1.165, 1.54) is 0 Å². The number of H-pyrrole nitrogens is 1. The van der Waals surface area contributed by atoms with Crippen LogP contribution < -0.4 is 5.32 Å². The van der Waals surface area contributed by atoms with Gasteiger partial charge in [0.1, 0.15) is 5.82 Å². The third kappa shape index (κ3) is 3.61. The summed E-state index contributed by atoms with van der Waals surface area (Å²) in [5.41, 5.74) is 3.14. The third-order valence-corrected chi connectivity index (χ3v) is 4.41. The van der Waals surface area contributed by atoms with E-state index in [1.54, 1.807) is 6.07 Å². The van der Waals surface area contributed by atoms with E-state index in [9.17, 15) is 0 Å². The minimum atomic E-state index is 0.600. The molecule has 0 amide bonds. The lowest BCUT2D eigenvalue weighted by atomic mass is 10.2. The number of rotatable bonds is 6. The van der Waals surface area contributed by atoms with Gasteiger partial charge in [0.2, 0.25) is 0 Å². The van der Waals surface area contributed by atoms with Crippen LogP contribution in [-0.4, -0.2) is 16.5 Å². The standard InChI is InChI=1S/C17H17Cl2N3/c18-13-6-3-5-12(17(13)19)11-20-10-4-9-16-21-14-7-1-2-8-15(14)22-16/h1-3,5-8,20H,4,9-11H2,(H,21,22). The van der Waals surface area contributed by atoms with Gasteiger partial charge < -0.3 is 10.3 Å². The number of aryl methyl sites for hydroxylation is 1. The SMILES string of the molecule is Clc1cccc(CNCCCc2nc3ccccc3[nH]2)c1Cl. The highest BCUT2D eigenvalue weighted by Gasteiger charge is 2.04. The van der Waals surface area contributed by atoms with Crippen molar-refractivity contribution in [3.05, 3.63) is 63.9 Å². The van der Waals surface area contributed by atoms with Gasteiger partial charge in [0, 0.05) is 13.0 Å². The fourth-order valence-electron chi connectivity index (χ4n) is 2.41. The summed E-state index contributed by atoms with van der Waals surface area (Å²) in [7, 11) is 0. The van der Waals surface area contributed by atoms with Crippen LogP contribution >= 0.6 is 23.2 Å². The van der Waals surface area contributed by atoms with Crippen molar-refractivity contribution in [2.24, 2.45) is 0 Å². The van der Waals surface area contributed by atoms with Crippen molar-refractivity contribution >= 4 is 34.2 Å². The maximum absolute atomic E-state index is 6.16. The van der Waals surface area contributed by atoms with Crippen molar-refractivity contribution in [1.29, 1.82) is 0 Å². The smallest absolute Gasteiger partial charge is 0.107 e. The number of aromatic nitrogens is 2. The first-order chi connectivity index (χ1) is 10.7. The van der Waals surface area contributed by atoms with Gasteiger partial charge in [-0.15, -0.1) is 0 Å². The van der Waals surface area contributed by atoms with Gasteiger partial charge in [-0.2, -0.15) is 0 Å². The molecule has 1 heterocycles. The number of nitrogens with one attached hydrogen (secondary N) is 2. The Morgan fingerprint density at radius 3 is 2.77 bits per heavy atom. The summed E-state index contributed by atoms with van der Waals surface area (Å²) in [5.74, 6) is 1.03. The molecule has 3 aromatic rings. The lowest BCUT2D eigenvalue weighted by Gasteiger charge is -2.07. The summed E-state index contributed by atoms with van der Waals surface area (Å²) in [4.78, 5) is 7.92. The molecule has 0 fully saturated rings. The van der Waals surface area contributed by atoms with Gasteiger partial charge in [-0.05, 0) is 36.7 Å². The fraction of sp³-hybridized carbons (Fsp3) is 0.235. The van der Waals surface area contributed by atoms with E-state index in [2.05, 4.69) is 15.3 Å². The molecule has 0 aliphatic heterocycles. The molecule has 0 bridgehead atoms. The average molecular weight is 334 g/mol. The van der Waals surface area contributed by atoms with Crippen molar-refractivity contribution < 1.29 is 0 Å². The van der Waals surface area contributed by atoms with E-state index in [-0.39, 0.29) is 0 Å². The molecular formula is C17H17Cl2N3. The Labute approximate surface area is 139 Å². The first-order valence-corrected chi connectivity index (χ1v) is 8.07. The van der Waals surface area contributed by atoms with Crippen LogP contribution in [0, 0.1) is 0 Å². The number of nitrogens with zero attached hydrogens (tertiary/aromatic N) is 1. The summed E-state index contributed by atoms with van der Waals surface area (Å²) in [5, 5.41) is 4.62. The lowest BCUT2D eigenvalue weighted by Crippen LogP contribution is -2.15. The highest BCUT2D eigenvalue weighted by molar-refractivity contribution is 6.42. The highest BCUT2D eigenvalue weighted by atomic mass is 35.5. The van der Waals surface area contributed by atoms with Crippen molar-refractivity contribution in [3.63, 3.8) is 0 Å². The number of fused-ring (bicyclic) bond motifs is 1. The van der Waals surface area contributed by atoms with Crippen LogP contribution in [0.3, 0.4) is 0 Å². The Bertz CT molecular complexity index is 734. The summed E-state index contributed by atoms with van der Waals surface area (Å²) in [6, 6.07) is 13.8. The molecule has 5 heteroatoms. The summed E-state index contributed by atoms with van der Waals surface area (Å²) in [6.07, 6.45) is 1.93. The quantitative estimate of drug-likeness (QED) is 0.647. The van der Waals surface area contributed by atoms with Crippen LogP contribution in [0.15, 0.2) is 42.5 Å². The second-order valence-corrected chi connectivity index (χ2v) is 5.98. The van der Waals surface area contributed by atoms with Crippen molar-refractivity contribution in [3.8, 4) is 0 Å². The average Bonchev–Trinajstić information content (AvgIpc) is 2.93. The first-order valence-electron chi connectivity index (χ1n) is 7.31. The Morgan fingerprint density at radius 1 is 1.05 bits per heavy atom. The number of aromatic amines is 1. The molecule has 0 aliphatic carbocycles. The molecule has 22 heavy (non-hydrogen) atoms. The maximum Gasteiger partial charge on any atom is 0.107 e. The van der Waals surface area contributed by atoms with Gasteiger partial charge >= 0.3 is 0 Å². The van der Waals surface area contributed by atoms with E-state index in [0.717, 1.165) is 48.4 Å². The first kappa shape index (κ1) is 15.3. The molecule has 2 aromatic carbocycles. The molecule has 2 N–H and O–H groups in total. The van der Waals surface area contributed by atoms with E-state index >= 15 is 0 Å². The third-order valence-electron chi connectivity index (χ3n) is 3.55. The molecule has 0 aliphatic rings. The zero-order valence-electron chi connectivity index (χ0n) is 12.1. The van der Waals surface area contributed by atoms with Crippen LogP contribution in [-0.2, 0) is 13.0 Å². The molecule has 0 atom stereocenters. The zero-order chi connectivity index (χ0) is 15.4. The molecule has 0 unspecified atom stereocenters. The predicted molar refractivity (Wildman–Crippen MR) is 92.6 cm³/mol. The van der Waals surface area contributed by atoms with Gasteiger partial charge in [0.15, 0.2) is 0 Å². The highest BCUT2D eigenvalue weighted by Crippen LogP contribution is 2.25. The lowest BCUT2D eigenvalue weighted by molar-refractivity contribution is 0.641. The normalized spacial score (nSPS) is 11.2. The number of para-hydroxylation sites is 2. The van der Waals surface area contributed by atoms with Gasteiger partial charge in [0.05, 0.1) is 21.1 Å². The van der Waals surface area contributed by atoms with E-state index in [0.29, 0.717) is 10.0 Å². The molecule has 3 nitrogen and oxygen atoms in total. The zero-order valence-corrected chi connectivity index (χ0v) is 13.6. The topological polar surface area (TPSA) is 40.7 Å². The molecule has 0 radical (unpaired) electrons. The van der Waals surface area contributed by atoms with Gasteiger partial charge in [0.25, 0.3) is 0 Å². The minimum Gasteiger partial charge on any atom is -0.342 e. The van der Waals surface area contributed by atoms with Crippen molar-refractivity contribution in [1.82, 2.24) is 15.3 Å². The number of benzene rings is 2. The number of hydrogen-bond donors (Lipinski definition) is 2. The summed E-state index contributed by atoms with van der Waals surface area (Å²) >= 11 is 12.2.